The van der Waals surface area contributed by atoms with Gasteiger partial charge in [0.2, 0.25) is 5.76 Å². The first kappa shape index (κ1) is 23.1. The summed E-state index contributed by atoms with van der Waals surface area (Å²) in [6, 6.07) is 22.1. The predicted molar refractivity (Wildman–Crippen MR) is 130 cm³/mol. The summed E-state index contributed by atoms with van der Waals surface area (Å²) in [5, 5.41) is 19.2. The molecule has 0 radical (unpaired) electrons. The number of hydrogen-bond acceptors (Lipinski definition) is 6. The van der Waals surface area contributed by atoms with Crippen LogP contribution in [-0.2, 0) is 5.60 Å². The van der Waals surface area contributed by atoms with Crippen molar-refractivity contribution in [3.8, 4) is 11.3 Å². The molecule has 5 rings (SSSR count). The molecule has 7 nitrogen and oxygen atoms in total. The fraction of sp³-hybridized carbons (Fsp3) is 0.0714. The van der Waals surface area contributed by atoms with E-state index in [-0.39, 0.29) is 5.76 Å². The lowest BCUT2D eigenvalue weighted by Crippen LogP contribution is -2.45. The summed E-state index contributed by atoms with van der Waals surface area (Å²) in [7, 11) is 0. The molecule has 1 atom stereocenters. The Labute approximate surface area is 206 Å². The van der Waals surface area contributed by atoms with Gasteiger partial charge in [0.05, 0.1) is 6.04 Å². The summed E-state index contributed by atoms with van der Waals surface area (Å²) >= 11 is 0. The van der Waals surface area contributed by atoms with Gasteiger partial charge in [-0.2, -0.15) is 0 Å². The maximum atomic E-state index is 13.8. The van der Waals surface area contributed by atoms with Gasteiger partial charge < -0.3 is 14.9 Å². The third-order valence-electron chi connectivity index (χ3n) is 5.90. The van der Waals surface area contributed by atoms with Gasteiger partial charge in [0.15, 0.2) is 0 Å². The Morgan fingerprint density at radius 3 is 2.11 bits per heavy atom. The molecule has 178 valence electrons. The molecule has 0 aliphatic carbocycles. The summed E-state index contributed by atoms with van der Waals surface area (Å²) in [5.41, 5.74) is 0.762. The summed E-state index contributed by atoms with van der Waals surface area (Å²) in [4.78, 5) is 21.7. The van der Waals surface area contributed by atoms with Crippen molar-refractivity contribution in [3.63, 3.8) is 0 Å². The molecule has 5 aromatic rings. The molecule has 3 aromatic heterocycles. The third-order valence-corrected chi connectivity index (χ3v) is 5.90. The van der Waals surface area contributed by atoms with E-state index in [0.29, 0.717) is 22.4 Å². The highest BCUT2D eigenvalue weighted by Gasteiger charge is 2.43. The highest BCUT2D eigenvalue weighted by molar-refractivity contribution is 5.92. The first-order valence-electron chi connectivity index (χ1n) is 11.2. The molecular weight excluding hydrogens is 459 g/mol. The fourth-order valence-corrected chi connectivity index (χ4v) is 4.09. The smallest absolute Gasteiger partial charge is 0.290 e. The molecule has 0 bridgehead atoms. The second-order valence-electron chi connectivity index (χ2n) is 8.15. The number of carbonyl (C=O) groups excluding carboxylic acids is 1. The Morgan fingerprint density at radius 1 is 0.889 bits per heavy atom. The van der Waals surface area contributed by atoms with Crippen molar-refractivity contribution in [1.82, 2.24) is 20.4 Å². The summed E-state index contributed by atoms with van der Waals surface area (Å²) in [6.07, 6.45) is 6.19. The highest BCUT2D eigenvalue weighted by Crippen LogP contribution is 2.41. The zero-order valence-corrected chi connectivity index (χ0v) is 19.0. The van der Waals surface area contributed by atoms with Crippen molar-refractivity contribution in [1.29, 1.82) is 0 Å². The minimum absolute atomic E-state index is 0.0410. The monoisotopic (exact) mass is 480 g/mol. The Balaban J connectivity index is 1.59. The molecule has 0 fully saturated rings. The Bertz CT molecular complexity index is 1400. The zero-order chi connectivity index (χ0) is 25.0. The molecule has 0 aliphatic heterocycles. The van der Waals surface area contributed by atoms with E-state index in [0.717, 1.165) is 5.56 Å². The van der Waals surface area contributed by atoms with Gasteiger partial charge in [0.25, 0.3) is 5.91 Å². The van der Waals surface area contributed by atoms with E-state index in [1.807, 2.05) is 30.3 Å². The van der Waals surface area contributed by atoms with Crippen LogP contribution < -0.4 is 5.32 Å². The molecule has 0 saturated carbocycles. The number of hydrogen-bond donors (Lipinski definition) is 2. The predicted octanol–water partition coefficient (Wildman–Crippen LogP) is 4.68. The van der Waals surface area contributed by atoms with Crippen LogP contribution in [0.15, 0.2) is 114 Å². The van der Waals surface area contributed by atoms with Gasteiger partial charge >= 0.3 is 0 Å². The van der Waals surface area contributed by atoms with Crippen molar-refractivity contribution in [2.75, 3.05) is 0 Å². The van der Waals surface area contributed by atoms with Crippen LogP contribution in [0.25, 0.3) is 11.3 Å². The van der Waals surface area contributed by atoms with E-state index < -0.39 is 23.4 Å². The van der Waals surface area contributed by atoms with E-state index in [4.69, 9.17) is 4.52 Å². The normalized spacial score (nSPS) is 12.2. The van der Waals surface area contributed by atoms with Gasteiger partial charge in [-0.15, -0.1) is 0 Å². The molecule has 0 spiro atoms. The lowest BCUT2D eigenvalue weighted by atomic mass is 9.78. The maximum absolute atomic E-state index is 13.8. The molecule has 1 amide bonds. The number of halogens is 1. The van der Waals surface area contributed by atoms with Crippen LogP contribution in [0.2, 0.25) is 0 Å². The van der Waals surface area contributed by atoms with Crippen molar-refractivity contribution < 1.29 is 18.8 Å². The number of aromatic nitrogens is 3. The van der Waals surface area contributed by atoms with Crippen LogP contribution in [0.4, 0.5) is 4.39 Å². The number of nitrogens with one attached hydrogen (secondary N) is 1. The average Bonchev–Trinajstić information content (AvgIpc) is 3.44. The van der Waals surface area contributed by atoms with Gasteiger partial charge in [-0.25, -0.2) is 4.39 Å². The van der Waals surface area contributed by atoms with Gasteiger partial charge in [0.1, 0.15) is 17.1 Å². The van der Waals surface area contributed by atoms with E-state index in [1.165, 1.54) is 42.7 Å². The standard InChI is InChI=1S/C28H21FN4O3/c29-23-12-10-20(11-13-23)26(28(35,21-8-4-14-30-17-21)22-9-5-15-31-18-22)32-27(34)25-16-24(33-36-25)19-6-2-1-3-7-19/h1-18,26,35H,(H,32,34). The molecule has 0 saturated heterocycles. The first-order chi connectivity index (χ1) is 17.6. The van der Waals surface area contributed by atoms with Gasteiger partial charge in [-0.05, 0) is 29.8 Å². The lowest BCUT2D eigenvalue weighted by Gasteiger charge is -2.37. The molecule has 0 aliphatic rings. The van der Waals surface area contributed by atoms with Gasteiger partial charge in [-0.3, -0.25) is 14.8 Å². The average molecular weight is 480 g/mol. The number of benzene rings is 2. The minimum Gasteiger partial charge on any atom is -0.378 e. The van der Waals surface area contributed by atoms with Crippen LogP contribution in [-0.4, -0.2) is 26.1 Å². The topological polar surface area (TPSA) is 101 Å². The third kappa shape index (κ3) is 4.49. The molecule has 1 unspecified atom stereocenters. The number of amides is 1. The van der Waals surface area contributed by atoms with Gasteiger partial charge in [0, 0.05) is 47.5 Å². The van der Waals surface area contributed by atoms with Crippen LogP contribution in [0, 0.1) is 5.82 Å². The number of carbonyl (C=O) groups is 1. The number of aliphatic hydroxyl groups is 1. The quantitative estimate of drug-likeness (QED) is 0.351. The van der Waals surface area contributed by atoms with E-state index >= 15 is 0 Å². The van der Waals surface area contributed by atoms with Crippen LogP contribution in [0.5, 0.6) is 0 Å². The summed E-state index contributed by atoms with van der Waals surface area (Å²) < 4.78 is 19.1. The Kier molecular flexibility index (Phi) is 6.34. The molecule has 3 heterocycles. The maximum Gasteiger partial charge on any atom is 0.290 e. The molecule has 2 N–H and O–H groups in total. The lowest BCUT2D eigenvalue weighted by molar-refractivity contribution is 0.0323. The molecule has 2 aromatic carbocycles. The van der Waals surface area contributed by atoms with E-state index in [1.54, 1.807) is 36.7 Å². The van der Waals surface area contributed by atoms with Crippen molar-refractivity contribution in [2.24, 2.45) is 0 Å². The Morgan fingerprint density at radius 2 is 1.53 bits per heavy atom. The molecular formula is C28H21FN4O3. The molecule has 36 heavy (non-hydrogen) atoms. The van der Waals surface area contributed by atoms with Crippen molar-refractivity contribution >= 4 is 5.91 Å². The van der Waals surface area contributed by atoms with Crippen LogP contribution in [0.3, 0.4) is 0 Å². The first-order valence-corrected chi connectivity index (χ1v) is 11.2. The number of rotatable bonds is 7. The fourth-order valence-electron chi connectivity index (χ4n) is 4.09. The largest absolute Gasteiger partial charge is 0.378 e. The minimum atomic E-state index is -1.81. The summed E-state index contributed by atoms with van der Waals surface area (Å²) in [5.74, 6) is -1.09. The highest BCUT2D eigenvalue weighted by atomic mass is 19.1. The van der Waals surface area contributed by atoms with E-state index in [9.17, 15) is 14.3 Å². The Hall–Kier alpha value is -4.69. The zero-order valence-electron chi connectivity index (χ0n) is 19.0. The molecule has 8 heteroatoms. The van der Waals surface area contributed by atoms with Crippen molar-refractivity contribution in [2.45, 2.75) is 11.6 Å². The second kappa shape index (κ2) is 9.89. The number of nitrogens with zero attached hydrogens (tertiary/aromatic N) is 3. The van der Waals surface area contributed by atoms with E-state index in [2.05, 4.69) is 20.4 Å². The summed E-state index contributed by atoms with van der Waals surface area (Å²) in [6.45, 7) is 0. The second-order valence-corrected chi connectivity index (χ2v) is 8.15. The van der Waals surface area contributed by atoms with Crippen molar-refractivity contribution in [3.05, 3.63) is 138 Å². The number of pyridine rings is 2. The van der Waals surface area contributed by atoms with Crippen LogP contribution >= 0.6 is 0 Å². The van der Waals surface area contributed by atoms with Gasteiger partial charge in [-0.1, -0.05) is 59.8 Å². The SMILES string of the molecule is O=C(NC(c1ccc(F)cc1)C(O)(c1cccnc1)c1cccnc1)c1cc(-c2ccccc2)no1. The van der Waals surface area contributed by atoms with Crippen LogP contribution in [0.1, 0.15) is 33.3 Å².